The summed E-state index contributed by atoms with van der Waals surface area (Å²) in [6.45, 7) is 3.54. The lowest BCUT2D eigenvalue weighted by atomic mass is 10.0. The number of benzene rings is 1. The lowest BCUT2D eigenvalue weighted by Gasteiger charge is -2.09. The molecule has 0 fully saturated rings. The Morgan fingerprint density at radius 3 is 2.80 bits per heavy atom. The van der Waals surface area contributed by atoms with Crippen LogP contribution in [0.5, 0.6) is 0 Å². The van der Waals surface area contributed by atoms with Crippen molar-refractivity contribution in [3.05, 3.63) is 52.5 Å². The van der Waals surface area contributed by atoms with Crippen LogP contribution in [0.2, 0.25) is 0 Å². The Hall–Kier alpha value is -2.70. The average Bonchev–Trinajstić information content (AvgIpc) is 3.18. The minimum Gasteiger partial charge on any atom is -0.358 e. The summed E-state index contributed by atoms with van der Waals surface area (Å²) in [5.41, 5.74) is 5.18. The Bertz CT molecular complexity index is 927. The molecule has 0 bridgehead atoms. The van der Waals surface area contributed by atoms with E-state index in [1.807, 2.05) is 13.0 Å². The maximum Gasteiger partial charge on any atom is 0.333 e. The summed E-state index contributed by atoms with van der Waals surface area (Å²) >= 11 is 0. The lowest BCUT2D eigenvalue weighted by Crippen LogP contribution is -2.26. The van der Waals surface area contributed by atoms with Crippen molar-refractivity contribution in [1.82, 2.24) is 20.1 Å². The molecular formula is C18H20F2N4O. The highest BCUT2D eigenvalue weighted by atomic mass is 19.3. The number of alkyl halides is 2. The van der Waals surface area contributed by atoms with Crippen LogP contribution in [0.1, 0.15) is 46.3 Å². The number of aromatic nitrogens is 3. The van der Waals surface area contributed by atoms with Crippen LogP contribution in [0.3, 0.4) is 0 Å². The van der Waals surface area contributed by atoms with E-state index >= 15 is 0 Å². The summed E-state index contributed by atoms with van der Waals surface area (Å²) in [5.74, 6) is -0.577. The van der Waals surface area contributed by atoms with Gasteiger partial charge in [-0.25, -0.2) is 0 Å². The molecule has 0 aliphatic rings. The Kier molecular flexibility index (Phi) is 4.57. The van der Waals surface area contributed by atoms with E-state index in [4.69, 9.17) is 0 Å². The zero-order chi connectivity index (χ0) is 18.1. The van der Waals surface area contributed by atoms with Crippen molar-refractivity contribution in [1.29, 1.82) is 0 Å². The number of hydrogen-bond acceptors (Lipinski definition) is 2. The topological polar surface area (TPSA) is 62.7 Å². The average molecular weight is 346 g/mol. The van der Waals surface area contributed by atoms with Crippen molar-refractivity contribution in [2.24, 2.45) is 0 Å². The SMILES string of the molecule is CCc1[nH]c2c(CNC(=O)c3ccnn3C(F)F)cc(C)cc2c1C. The number of hydrogen-bond donors (Lipinski definition) is 2. The summed E-state index contributed by atoms with van der Waals surface area (Å²) < 4.78 is 26.1. The Labute approximate surface area is 144 Å². The van der Waals surface area contributed by atoms with Crippen molar-refractivity contribution in [2.45, 2.75) is 40.3 Å². The number of rotatable bonds is 5. The molecule has 2 N–H and O–H groups in total. The van der Waals surface area contributed by atoms with Gasteiger partial charge in [-0.05, 0) is 43.5 Å². The van der Waals surface area contributed by atoms with Crippen molar-refractivity contribution in [3.63, 3.8) is 0 Å². The van der Waals surface area contributed by atoms with Gasteiger partial charge in [0.2, 0.25) is 0 Å². The predicted molar refractivity (Wildman–Crippen MR) is 91.8 cm³/mol. The third kappa shape index (κ3) is 3.14. The fourth-order valence-corrected chi connectivity index (χ4v) is 3.12. The molecule has 0 aliphatic heterocycles. The smallest absolute Gasteiger partial charge is 0.333 e. The predicted octanol–water partition coefficient (Wildman–Crippen LogP) is 3.87. The van der Waals surface area contributed by atoms with Crippen LogP contribution in [0.25, 0.3) is 10.9 Å². The summed E-state index contributed by atoms with van der Waals surface area (Å²) in [6, 6.07) is 5.38. The molecule has 0 saturated heterocycles. The highest BCUT2D eigenvalue weighted by Crippen LogP contribution is 2.26. The summed E-state index contributed by atoms with van der Waals surface area (Å²) in [5, 5.41) is 7.31. The van der Waals surface area contributed by atoms with Crippen molar-refractivity contribution >= 4 is 16.8 Å². The third-order valence-electron chi connectivity index (χ3n) is 4.38. The highest BCUT2D eigenvalue weighted by Gasteiger charge is 2.18. The van der Waals surface area contributed by atoms with Gasteiger partial charge in [-0.1, -0.05) is 18.6 Å². The molecule has 3 aromatic rings. The van der Waals surface area contributed by atoms with E-state index in [2.05, 4.69) is 35.3 Å². The monoisotopic (exact) mass is 346 g/mol. The van der Waals surface area contributed by atoms with E-state index in [9.17, 15) is 13.6 Å². The fraction of sp³-hybridized carbons (Fsp3) is 0.333. The molecule has 2 aromatic heterocycles. The zero-order valence-corrected chi connectivity index (χ0v) is 14.4. The molecule has 0 atom stereocenters. The second-order valence-electron chi connectivity index (χ2n) is 6.05. The van der Waals surface area contributed by atoms with E-state index in [1.165, 1.54) is 17.8 Å². The molecular weight excluding hydrogens is 326 g/mol. The van der Waals surface area contributed by atoms with Gasteiger partial charge in [0, 0.05) is 23.8 Å². The number of nitrogens with zero attached hydrogens (tertiary/aromatic N) is 2. The molecule has 0 saturated carbocycles. The van der Waals surface area contributed by atoms with Crippen LogP contribution < -0.4 is 5.32 Å². The molecule has 1 aromatic carbocycles. The maximum absolute atomic E-state index is 12.8. The zero-order valence-electron chi connectivity index (χ0n) is 14.4. The number of fused-ring (bicyclic) bond motifs is 1. The second kappa shape index (κ2) is 6.66. The number of halogens is 2. The second-order valence-corrected chi connectivity index (χ2v) is 6.05. The molecule has 7 heteroatoms. The van der Waals surface area contributed by atoms with E-state index in [0.29, 0.717) is 4.68 Å². The Balaban J connectivity index is 1.88. The number of amides is 1. The number of aryl methyl sites for hydroxylation is 3. The summed E-state index contributed by atoms with van der Waals surface area (Å²) in [4.78, 5) is 15.6. The number of carbonyl (C=O) groups excluding carboxylic acids is 1. The lowest BCUT2D eigenvalue weighted by molar-refractivity contribution is 0.0509. The van der Waals surface area contributed by atoms with Gasteiger partial charge in [-0.15, -0.1) is 0 Å². The van der Waals surface area contributed by atoms with Crippen molar-refractivity contribution in [2.75, 3.05) is 0 Å². The standard InChI is InChI=1S/C18H20F2N4O/c1-4-14-11(3)13-8-10(2)7-12(16(13)23-14)9-21-17(25)15-5-6-22-24(15)18(19)20/h5-8,18,23H,4,9H2,1-3H3,(H,21,25). The van der Waals surface area contributed by atoms with E-state index in [-0.39, 0.29) is 12.2 Å². The number of carbonyl (C=O) groups is 1. The van der Waals surface area contributed by atoms with E-state index in [0.717, 1.165) is 34.1 Å². The van der Waals surface area contributed by atoms with Crippen LogP contribution in [-0.2, 0) is 13.0 Å². The van der Waals surface area contributed by atoms with Crippen molar-refractivity contribution < 1.29 is 13.6 Å². The summed E-state index contributed by atoms with van der Waals surface area (Å²) in [6.07, 6.45) is 2.08. The van der Waals surface area contributed by atoms with Gasteiger partial charge in [0.25, 0.3) is 5.91 Å². The molecule has 0 unspecified atom stereocenters. The largest absolute Gasteiger partial charge is 0.358 e. The first-order chi connectivity index (χ1) is 11.9. The van der Waals surface area contributed by atoms with Gasteiger partial charge in [0.15, 0.2) is 0 Å². The Morgan fingerprint density at radius 2 is 2.12 bits per heavy atom. The van der Waals surface area contributed by atoms with Gasteiger partial charge < -0.3 is 10.3 Å². The fourth-order valence-electron chi connectivity index (χ4n) is 3.12. The minimum absolute atomic E-state index is 0.157. The quantitative estimate of drug-likeness (QED) is 0.737. The van der Waals surface area contributed by atoms with E-state index in [1.54, 1.807) is 0 Å². The van der Waals surface area contributed by atoms with E-state index < -0.39 is 12.5 Å². The molecule has 0 radical (unpaired) electrons. The minimum atomic E-state index is -2.85. The number of nitrogens with one attached hydrogen (secondary N) is 2. The van der Waals surface area contributed by atoms with Crippen LogP contribution in [-0.4, -0.2) is 20.7 Å². The third-order valence-corrected chi connectivity index (χ3v) is 4.38. The van der Waals surface area contributed by atoms with Crippen LogP contribution in [0.4, 0.5) is 8.78 Å². The Morgan fingerprint density at radius 1 is 1.36 bits per heavy atom. The maximum atomic E-state index is 12.8. The van der Waals surface area contributed by atoms with Crippen molar-refractivity contribution in [3.8, 4) is 0 Å². The summed E-state index contributed by atoms with van der Waals surface area (Å²) in [7, 11) is 0. The van der Waals surface area contributed by atoms with Crippen LogP contribution >= 0.6 is 0 Å². The number of H-pyrrole nitrogens is 1. The van der Waals surface area contributed by atoms with Gasteiger partial charge in [0.1, 0.15) is 5.69 Å². The van der Waals surface area contributed by atoms with Crippen LogP contribution in [0.15, 0.2) is 24.4 Å². The van der Waals surface area contributed by atoms with Gasteiger partial charge in [-0.3, -0.25) is 4.79 Å². The van der Waals surface area contributed by atoms with Gasteiger partial charge >= 0.3 is 6.55 Å². The van der Waals surface area contributed by atoms with Gasteiger partial charge in [-0.2, -0.15) is 18.6 Å². The molecule has 5 nitrogen and oxygen atoms in total. The first-order valence-corrected chi connectivity index (χ1v) is 8.13. The molecule has 2 heterocycles. The molecule has 1 amide bonds. The molecule has 132 valence electrons. The first kappa shape index (κ1) is 17.1. The molecule has 0 spiro atoms. The molecule has 3 rings (SSSR count). The molecule has 0 aliphatic carbocycles. The van der Waals surface area contributed by atoms with Crippen LogP contribution in [0, 0.1) is 13.8 Å². The first-order valence-electron chi connectivity index (χ1n) is 8.13. The number of aromatic amines is 1. The van der Waals surface area contributed by atoms with Gasteiger partial charge in [0.05, 0.1) is 5.52 Å². The normalized spacial score (nSPS) is 11.4. The molecule has 25 heavy (non-hydrogen) atoms. The highest BCUT2D eigenvalue weighted by molar-refractivity contribution is 5.93.